The van der Waals surface area contributed by atoms with Gasteiger partial charge in [-0.2, -0.15) is 0 Å². The van der Waals surface area contributed by atoms with E-state index >= 15 is 0 Å². The van der Waals surface area contributed by atoms with E-state index in [0.717, 1.165) is 11.1 Å². The zero-order valence-electron chi connectivity index (χ0n) is 21.5. The van der Waals surface area contributed by atoms with Gasteiger partial charge in [-0.05, 0) is 53.5 Å². The average Bonchev–Trinajstić information content (AvgIpc) is 3.26. The number of hydrogen-bond acceptors (Lipinski definition) is 6. The van der Waals surface area contributed by atoms with Crippen molar-refractivity contribution in [2.45, 2.75) is 26.0 Å². The van der Waals surface area contributed by atoms with Crippen LogP contribution >= 0.6 is 46.1 Å². The lowest BCUT2D eigenvalue weighted by Gasteiger charge is -2.25. The largest absolute Gasteiger partial charge is 0.486 e. The molecule has 0 radical (unpaired) electrons. The monoisotopic (exact) mass is 612 g/mol. The predicted octanol–water partition coefficient (Wildman–Crippen LogP) is 6.34. The van der Waals surface area contributed by atoms with Gasteiger partial charge in [0.15, 0.2) is 10.6 Å². The van der Waals surface area contributed by atoms with Gasteiger partial charge in [0.25, 0.3) is 5.56 Å². The molecule has 0 fully saturated rings. The van der Waals surface area contributed by atoms with Crippen LogP contribution in [-0.4, -0.2) is 17.6 Å². The standard InChI is InChI=1S/C30H23Cl3N2O4S/c1-3-23-25(29(37)38-2)26(19-7-5-4-6-8-19)35-28(36)24(40-30(35)34-23)15-18-13-21(32)27(22(33)14-18)39-16-17-9-11-20(31)12-10-17/h4-15,26H,3,16H2,1-2H3/b24-15-/t26-/m0/s1. The van der Waals surface area contributed by atoms with Crippen LogP contribution < -0.4 is 19.6 Å². The van der Waals surface area contributed by atoms with E-state index in [1.165, 1.54) is 18.4 Å². The van der Waals surface area contributed by atoms with Crippen molar-refractivity contribution in [3.8, 4) is 5.75 Å². The van der Waals surface area contributed by atoms with Crippen molar-refractivity contribution in [2.75, 3.05) is 7.11 Å². The fourth-order valence-corrected chi connectivity index (χ4v) is 6.26. The zero-order valence-corrected chi connectivity index (χ0v) is 24.6. The second-order valence-corrected chi connectivity index (χ2v) is 11.2. The average molecular weight is 614 g/mol. The van der Waals surface area contributed by atoms with Crippen molar-refractivity contribution in [1.82, 2.24) is 4.57 Å². The summed E-state index contributed by atoms with van der Waals surface area (Å²) in [5.41, 5.74) is 2.96. The number of nitrogens with zero attached hydrogens (tertiary/aromatic N) is 2. The molecule has 1 aliphatic heterocycles. The number of esters is 1. The van der Waals surface area contributed by atoms with Crippen LogP contribution in [0.1, 0.15) is 36.1 Å². The molecule has 2 heterocycles. The van der Waals surface area contributed by atoms with Gasteiger partial charge < -0.3 is 9.47 Å². The third-order valence-electron chi connectivity index (χ3n) is 6.38. The quantitative estimate of drug-likeness (QED) is 0.228. The lowest BCUT2D eigenvalue weighted by molar-refractivity contribution is -0.136. The minimum Gasteiger partial charge on any atom is -0.486 e. The molecule has 0 aliphatic carbocycles. The van der Waals surface area contributed by atoms with Crippen molar-refractivity contribution < 1.29 is 14.3 Å². The first-order chi connectivity index (χ1) is 19.3. The van der Waals surface area contributed by atoms with Crippen LogP contribution in [0.2, 0.25) is 15.1 Å². The number of benzene rings is 3. The molecule has 4 aromatic rings. The molecule has 0 spiro atoms. The highest BCUT2D eigenvalue weighted by atomic mass is 35.5. The van der Waals surface area contributed by atoms with Gasteiger partial charge in [-0.1, -0.05) is 95.5 Å². The molecule has 0 saturated heterocycles. The molecule has 0 N–H and O–H groups in total. The number of methoxy groups -OCH3 is 1. The molecule has 0 amide bonds. The summed E-state index contributed by atoms with van der Waals surface area (Å²) in [5, 5.41) is 1.25. The van der Waals surface area contributed by atoms with Crippen LogP contribution in [-0.2, 0) is 16.1 Å². The Morgan fingerprint density at radius 2 is 1.73 bits per heavy atom. The summed E-state index contributed by atoms with van der Waals surface area (Å²) in [7, 11) is 1.33. The summed E-state index contributed by atoms with van der Waals surface area (Å²) in [5.74, 6) is -0.173. The minimum absolute atomic E-state index is 0.260. The number of hydrogen-bond donors (Lipinski definition) is 0. The summed E-state index contributed by atoms with van der Waals surface area (Å²) in [4.78, 5) is 31.9. The maximum Gasteiger partial charge on any atom is 0.338 e. The van der Waals surface area contributed by atoms with Crippen molar-refractivity contribution >= 4 is 58.2 Å². The third kappa shape index (κ3) is 5.60. The van der Waals surface area contributed by atoms with Gasteiger partial charge in [0.2, 0.25) is 0 Å². The molecule has 10 heteroatoms. The van der Waals surface area contributed by atoms with Crippen LogP contribution in [0.5, 0.6) is 5.75 Å². The topological polar surface area (TPSA) is 69.9 Å². The van der Waals surface area contributed by atoms with E-state index in [9.17, 15) is 9.59 Å². The Hall–Kier alpha value is -3.36. The highest BCUT2D eigenvalue weighted by molar-refractivity contribution is 7.07. The number of thiazole rings is 1. The van der Waals surface area contributed by atoms with Crippen LogP contribution in [0.25, 0.3) is 6.08 Å². The van der Waals surface area contributed by atoms with E-state index in [0.29, 0.717) is 53.4 Å². The van der Waals surface area contributed by atoms with E-state index in [4.69, 9.17) is 44.3 Å². The Labute approximate surface area is 249 Å². The van der Waals surface area contributed by atoms with Gasteiger partial charge in [-0.3, -0.25) is 9.36 Å². The summed E-state index contributed by atoms with van der Waals surface area (Å²) < 4.78 is 12.9. The SMILES string of the molecule is CCC1=C(C(=O)OC)[C@H](c2ccccc2)n2c(s/c(=C\c3cc(Cl)c(OCc4ccc(Cl)cc4)c(Cl)c3)c2=O)=N1. The highest BCUT2D eigenvalue weighted by Crippen LogP contribution is 2.35. The first-order valence-corrected chi connectivity index (χ1v) is 14.3. The van der Waals surface area contributed by atoms with Crippen LogP contribution in [0, 0.1) is 0 Å². The smallest absolute Gasteiger partial charge is 0.338 e. The number of rotatable bonds is 7. The normalized spacial score (nSPS) is 15.0. The van der Waals surface area contributed by atoms with Crippen molar-refractivity contribution in [2.24, 2.45) is 4.99 Å². The molecule has 5 rings (SSSR count). The molecule has 0 unspecified atom stereocenters. The van der Waals surface area contributed by atoms with Crippen LogP contribution in [0.3, 0.4) is 0 Å². The molecule has 1 atom stereocenters. The number of carbonyl (C=O) groups is 1. The third-order valence-corrected chi connectivity index (χ3v) is 8.18. The van der Waals surface area contributed by atoms with Crippen LogP contribution in [0.15, 0.2) is 87.8 Å². The fourth-order valence-electron chi connectivity index (χ4n) is 4.50. The van der Waals surface area contributed by atoms with Crippen molar-refractivity contribution in [3.05, 3.63) is 129 Å². The second-order valence-electron chi connectivity index (χ2n) is 8.93. The maximum atomic E-state index is 13.8. The first kappa shape index (κ1) is 28.2. The molecule has 0 saturated carbocycles. The Morgan fingerprint density at radius 3 is 2.35 bits per heavy atom. The predicted molar refractivity (Wildman–Crippen MR) is 159 cm³/mol. The first-order valence-electron chi connectivity index (χ1n) is 12.3. The minimum atomic E-state index is -0.669. The zero-order chi connectivity index (χ0) is 28.4. The number of aromatic nitrogens is 1. The second kappa shape index (κ2) is 12.0. The molecular formula is C30H23Cl3N2O4S. The highest BCUT2D eigenvalue weighted by Gasteiger charge is 2.33. The van der Waals surface area contributed by atoms with E-state index < -0.39 is 12.0 Å². The van der Waals surface area contributed by atoms with Gasteiger partial charge in [-0.25, -0.2) is 9.79 Å². The fraction of sp³-hybridized carbons (Fsp3) is 0.167. The lowest BCUT2D eigenvalue weighted by Crippen LogP contribution is -2.40. The lowest BCUT2D eigenvalue weighted by atomic mass is 9.95. The van der Waals surface area contributed by atoms with E-state index in [-0.39, 0.29) is 12.2 Å². The number of ether oxygens (including phenoxy) is 2. The van der Waals surface area contributed by atoms with Gasteiger partial charge in [0.1, 0.15) is 6.61 Å². The Morgan fingerprint density at radius 1 is 1.05 bits per heavy atom. The number of fused-ring (bicyclic) bond motifs is 1. The van der Waals surface area contributed by atoms with E-state index in [1.54, 1.807) is 34.9 Å². The Balaban J connectivity index is 1.56. The van der Waals surface area contributed by atoms with Gasteiger partial charge in [-0.15, -0.1) is 0 Å². The number of allylic oxidation sites excluding steroid dienone is 1. The van der Waals surface area contributed by atoms with Gasteiger partial charge in [0, 0.05) is 5.02 Å². The Bertz CT molecular complexity index is 1770. The van der Waals surface area contributed by atoms with Gasteiger partial charge in [0.05, 0.1) is 39.0 Å². The summed E-state index contributed by atoms with van der Waals surface area (Å²) in [6.07, 6.45) is 2.21. The molecule has 1 aliphatic rings. The van der Waals surface area contributed by atoms with Gasteiger partial charge >= 0.3 is 5.97 Å². The number of halogens is 3. The Kier molecular flexibility index (Phi) is 8.47. The van der Waals surface area contributed by atoms with E-state index in [1.807, 2.05) is 49.4 Å². The van der Waals surface area contributed by atoms with E-state index in [2.05, 4.69) is 4.99 Å². The molecule has 204 valence electrons. The van der Waals surface area contributed by atoms with Crippen molar-refractivity contribution in [1.29, 1.82) is 0 Å². The molecule has 1 aromatic heterocycles. The molecule has 40 heavy (non-hydrogen) atoms. The van der Waals surface area contributed by atoms with Crippen molar-refractivity contribution in [3.63, 3.8) is 0 Å². The number of carbonyl (C=O) groups excluding carboxylic acids is 1. The summed E-state index contributed by atoms with van der Waals surface area (Å²) in [6.45, 7) is 2.18. The molecular weight excluding hydrogens is 591 g/mol. The summed E-state index contributed by atoms with van der Waals surface area (Å²) in [6, 6.07) is 19.4. The molecule has 3 aromatic carbocycles. The molecule has 6 nitrogen and oxygen atoms in total. The molecule has 0 bridgehead atoms. The van der Waals surface area contributed by atoms with Crippen LogP contribution in [0.4, 0.5) is 0 Å². The maximum absolute atomic E-state index is 13.8. The summed E-state index contributed by atoms with van der Waals surface area (Å²) >= 11 is 20.3.